The highest BCUT2D eigenvalue weighted by molar-refractivity contribution is 5.92. The maximum atomic E-state index is 13.1. The van der Waals surface area contributed by atoms with Crippen molar-refractivity contribution in [3.05, 3.63) is 90.3 Å². The molecule has 2 aliphatic rings. The Balaban J connectivity index is 1.18. The normalized spacial score (nSPS) is 21.2. The molecule has 37 heavy (non-hydrogen) atoms. The van der Waals surface area contributed by atoms with Crippen LogP contribution in [0.1, 0.15) is 36.8 Å². The molecule has 0 bridgehead atoms. The van der Waals surface area contributed by atoms with Crippen molar-refractivity contribution in [1.29, 1.82) is 5.26 Å². The van der Waals surface area contributed by atoms with E-state index in [9.17, 15) is 10.1 Å². The molecule has 1 aliphatic heterocycles. The number of amides is 1. The minimum absolute atomic E-state index is 0.317. The summed E-state index contributed by atoms with van der Waals surface area (Å²) < 4.78 is 14.4. The number of ether oxygens (including phenoxy) is 2. The molecule has 1 aliphatic carbocycles. The van der Waals surface area contributed by atoms with Gasteiger partial charge in [-0.25, -0.2) is 9.78 Å². The third-order valence-corrected chi connectivity index (χ3v) is 7.47. The van der Waals surface area contributed by atoms with E-state index in [1.807, 2.05) is 73.1 Å². The SMILES string of the molecule is N#Cc1ccc2ncn(C[C@H]3CCC[C@]4(C3)CN(c3ccccc3OCc3ccccc3)C(=O)O4)c2c1. The van der Waals surface area contributed by atoms with Crippen molar-refractivity contribution in [2.24, 2.45) is 5.92 Å². The fourth-order valence-corrected chi connectivity index (χ4v) is 5.73. The largest absolute Gasteiger partial charge is 0.487 e. The van der Waals surface area contributed by atoms with Gasteiger partial charge >= 0.3 is 6.09 Å². The Kier molecular flexibility index (Phi) is 6.01. The molecule has 1 amide bonds. The van der Waals surface area contributed by atoms with Crippen LogP contribution in [0.2, 0.25) is 0 Å². The quantitative estimate of drug-likeness (QED) is 0.326. The van der Waals surface area contributed by atoms with Crippen molar-refractivity contribution in [3.63, 3.8) is 0 Å². The summed E-state index contributed by atoms with van der Waals surface area (Å²) in [7, 11) is 0. The molecule has 4 aromatic rings. The molecule has 2 atom stereocenters. The maximum absolute atomic E-state index is 13.1. The summed E-state index contributed by atoms with van der Waals surface area (Å²) in [5, 5.41) is 9.30. The molecule has 1 spiro atoms. The molecule has 6 rings (SSSR count). The number of nitrogens with zero attached hydrogens (tertiary/aromatic N) is 4. The zero-order chi connectivity index (χ0) is 25.2. The second-order valence-corrected chi connectivity index (χ2v) is 10.1. The highest BCUT2D eigenvalue weighted by Crippen LogP contribution is 2.43. The van der Waals surface area contributed by atoms with Gasteiger partial charge in [0, 0.05) is 6.54 Å². The highest BCUT2D eigenvalue weighted by Gasteiger charge is 2.49. The van der Waals surface area contributed by atoms with E-state index in [4.69, 9.17) is 9.47 Å². The average Bonchev–Trinajstić information content (AvgIpc) is 3.47. The number of para-hydroxylation sites is 2. The Morgan fingerprint density at radius 1 is 1.11 bits per heavy atom. The first kappa shape index (κ1) is 23.1. The van der Waals surface area contributed by atoms with Crippen LogP contribution >= 0.6 is 0 Å². The zero-order valence-corrected chi connectivity index (χ0v) is 20.5. The number of carbonyl (C=O) groups excluding carboxylic acids is 1. The van der Waals surface area contributed by atoms with Gasteiger partial charge in [-0.05, 0) is 67.5 Å². The molecular weight excluding hydrogens is 464 g/mol. The molecule has 1 aromatic heterocycles. The first-order chi connectivity index (χ1) is 18.1. The van der Waals surface area contributed by atoms with E-state index in [2.05, 4.69) is 15.6 Å². The number of hydrogen-bond acceptors (Lipinski definition) is 5. The van der Waals surface area contributed by atoms with Gasteiger partial charge in [0.05, 0.1) is 41.2 Å². The summed E-state index contributed by atoms with van der Waals surface area (Å²) in [5.74, 6) is 1.01. The van der Waals surface area contributed by atoms with Crippen LogP contribution < -0.4 is 9.64 Å². The van der Waals surface area contributed by atoms with E-state index in [0.717, 1.165) is 54.5 Å². The summed E-state index contributed by atoms with van der Waals surface area (Å²) in [5.41, 5.74) is 3.78. The van der Waals surface area contributed by atoms with Gasteiger partial charge in [0.15, 0.2) is 0 Å². The summed E-state index contributed by atoms with van der Waals surface area (Å²) in [6, 6.07) is 25.5. The molecule has 3 aromatic carbocycles. The number of hydrogen-bond donors (Lipinski definition) is 0. The molecule has 0 unspecified atom stereocenters. The van der Waals surface area contributed by atoms with E-state index >= 15 is 0 Å². The lowest BCUT2D eigenvalue weighted by atomic mass is 9.78. The first-order valence-corrected chi connectivity index (χ1v) is 12.7. The Hall–Kier alpha value is -4.31. The van der Waals surface area contributed by atoms with Gasteiger partial charge < -0.3 is 14.0 Å². The minimum atomic E-state index is -0.513. The second-order valence-electron chi connectivity index (χ2n) is 10.1. The van der Waals surface area contributed by atoms with E-state index in [0.29, 0.717) is 30.4 Å². The lowest BCUT2D eigenvalue weighted by molar-refractivity contribution is 0.00439. The van der Waals surface area contributed by atoms with Gasteiger partial charge in [0.2, 0.25) is 0 Å². The number of imidazole rings is 1. The van der Waals surface area contributed by atoms with Crippen LogP contribution in [0.15, 0.2) is 79.1 Å². The predicted octanol–water partition coefficient (Wildman–Crippen LogP) is 6.07. The molecule has 0 radical (unpaired) electrons. The standard InChI is InChI=1S/C30H28N4O3/c31-17-23-12-13-25-27(15-23)33(21-32-25)18-24-9-6-14-30(16-24)20-34(29(35)37-30)26-10-4-5-11-28(26)36-19-22-7-2-1-3-8-22/h1-5,7-8,10-13,15,21,24H,6,9,14,16,18-20H2/t24-,30-/m0/s1. The van der Waals surface area contributed by atoms with Crippen LogP contribution in [-0.2, 0) is 17.9 Å². The number of anilines is 1. The molecular formula is C30H28N4O3. The van der Waals surface area contributed by atoms with Gasteiger partial charge in [-0.2, -0.15) is 5.26 Å². The fourth-order valence-electron chi connectivity index (χ4n) is 5.73. The molecule has 186 valence electrons. The van der Waals surface area contributed by atoms with Gasteiger partial charge in [-0.15, -0.1) is 0 Å². The Labute approximate surface area is 215 Å². The highest BCUT2D eigenvalue weighted by atomic mass is 16.6. The predicted molar refractivity (Wildman–Crippen MR) is 140 cm³/mol. The zero-order valence-electron chi connectivity index (χ0n) is 20.5. The number of fused-ring (bicyclic) bond motifs is 1. The minimum Gasteiger partial charge on any atom is -0.487 e. The smallest absolute Gasteiger partial charge is 0.415 e. The van der Waals surface area contributed by atoms with Crippen molar-refractivity contribution >= 4 is 22.8 Å². The van der Waals surface area contributed by atoms with Crippen molar-refractivity contribution in [3.8, 4) is 11.8 Å². The van der Waals surface area contributed by atoms with Gasteiger partial charge in [-0.3, -0.25) is 4.90 Å². The van der Waals surface area contributed by atoms with Crippen LogP contribution in [0.25, 0.3) is 11.0 Å². The summed E-state index contributed by atoms with van der Waals surface area (Å²) in [6.45, 7) is 1.72. The van der Waals surface area contributed by atoms with Gasteiger partial charge in [0.25, 0.3) is 0 Å². The van der Waals surface area contributed by atoms with Crippen molar-refractivity contribution < 1.29 is 14.3 Å². The van der Waals surface area contributed by atoms with Gasteiger partial charge in [0.1, 0.15) is 18.0 Å². The number of benzene rings is 3. The molecule has 7 nitrogen and oxygen atoms in total. The van der Waals surface area contributed by atoms with Crippen molar-refractivity contribution in [2.45, 2.75) is 44.4 Å². The molecule has 0 N–H and O–H groups in total. The monoisotopic (exact) mass is 492 g/mol. The summed E-state index contributed by atoms with van der Waals surface area (Å²) in [4.78, 5) is 19.4. The molecule has 1 saturated heterocycles. The third kappa shape index (κ3) is 4.63. The van der Waals surface area contributed by atoms with Crippen molar-refractivity contribution in [2.75, 3.05) is 11.4 Å². The van der Waals surface area contributed by atoms with E-state index < -0.39 is 5.60 Å². The second kappa shape index (κ2) is 9.62. The average molecular weight is 493 g/mol. The lowest BCUT2D eigenvalue weighted by Gasteiger charge is -2.36. The molecule has 7 heteroatoms. The van der Waals surface area contributed by atoms with Crippen LogP contribution in [0.4, 0.5) is 10.5 Å². The van der Waals surface area contributed by atoms with E-state index in [1.54, 1.807) is 11.0 Å². The fraction of sp³-hybridized carbons (Fsp3) is 0.300. The molecule has 1 saturated carbocycles. The topological polar surface area (TPSA) is 80.4 Å². The van der Waals surface area contributed by atoms with Crippen LogP contribution in [-0.4, -0.2) is 27.8 Å². The van der Waals surface area contributed by atoms with Crippen LogP contribution in [0.3, 0.4) is 0 Å². The van der Waals surface area contributed by atoms with E-state index in [1.165, 1.54) is 0 Å². The third-order valence-electron chi connectivity index (χ3n) is 7.47. The summed E-state index contributed by atoms with van der Waals surface area (Å²) >= 11 is 0. The number of carbonyl (C=O) groups is 1. The first-order valence-electron chi connectivity index (χ1n) is 12.7. The number of rotatable bonds is 6. The number of nitriles is 1. The number of aromatic nitrogens is 2. The molecule has 2 fully saturated rings. The van der Waals surface area contributed by atoms with Crippen LogP contribution in [0.5, 0.6) is 5.75 Å². The Bertz CT molecular complexity index is 1480. The van der Waals surface area contributed by atoms with Gasteiger partial charge in [-0.1, -0.05) is 42.5 Å². The van der Waals surface area contributed by atoms with Crippen LogP contribution in [0, 0.1) is 17.2 Å². The van der Waals surface area contributed by atoms with E-state index in [-0.39, 0.29) is 6.09 Å². The van der Waals surface area contributed by atoms with Crippen molar-refractivity contribution in [1.82, 2.24) is 9.55 Å². The molecule has 2 heterocycles. The Morgan fingerprint density at radius 3 is 2.81 bits per heavy atom. The maximum Gasteiger partial charge on any atom is 0.415 e. The lowest BCUT2D eigenvalue weighted by Crippen LogP contribution is -2.40. The summed E-state index contributed by atoms with van der Waals surface area (Å²) in [6.07, 6.45) is 5.23. The Morgan fingerprint density at radius 2 is 1.95 bits per heavy atom.